The van der Waals surface area contributed by atoms with Gasteiger partial charge in [0, 0.05) is 6.42 Å². The van der Waals surface area contributed by atoms with Gasteiger partial charge < -0.3 is 0 Å². The van der Waals surface area contributed by atoms with Crippen molar-refractivity contribution in [2.24, 2.45) is 34.5 Å². The van der Waals surface area contributed by atoms with Gasteiger partial charge in [0.05, 0.1) is 0 Å². The van der Waals surface area contributed by atoms with Crippen LogP contribution in [-0.4, -0.2) is 5.78 Å². The minimum atomic E-state index is 0.402. The van der Waals surface area contributed by atoms with Gasteiger partial charge in [0.25, 0.3) is 0 Å². The van der Waals surface area contributed by atoms with Gasteiger partial charge in [-0.1, -0.05) is 24.6 Å². The van der Waals surface area contributed by atoms with E-state index in [2.05, 4.69) is 19.6 Å². The number of hydrogen-bond donors (Lipinski definition) is 0. The third kappa shape index (κ3) is 1.33. The van der Waals surface area contributed by atoms with E-state index in [9.17, 15) is 4.79 Å². The van der Waals surface area contributed by atoms with E-state index in [4.69, 9.17) is 0 Å². The highest BCUT2D eigenvalue weighted by Crippen LogP contribution is 2.74. The van der Waals surface area contributed by atoms with E-state index < -0.39 is 0 Å². The van der Waals surface area contributed by atoms with Crippen molar-refractivity contribution in [1.82, 2.24) is 0 Å². The third-order valence-electron chi connectivity index (χ3n) is 8.42. The fourth-order valence-corrected chi connectivity index (χ4v) is 7.34. The number of carbonyl (C=O) groups excluding carboxylic acids is 1. The molecule has 112 valence electrons. The molecule has 0 aromatic rings. The molecule has 6 aliphatic rings. The number of rotatable bonds is 0. The fraction of sp³-hybridized carbons (Fsp3) is 0.750. The lowest BCUT2D eigenvalue weighted by Gasteiger charge is -2.67. The smallest absolute Gasteiger partial charge is 0.155 e. The molecule has 0 amide bonds. The minimum Gasteiger partial charge on any atom is -0.295 e. The molecule has 6 aliphatic carbocycles. The summed E-state index contributed by atoms with van der Waals surface area (Å²) in [4.78, 5) is 11.8. The maximum absolute atomic E-state index is 11.8. The van der Waals surface area contributed by atoms with Crippen molar-refractivity contribution in [3.8, 4) is 0 Å². The quantitative estimate of drug-likeness (QED) is 0.589. The second-order valence-corrected chi connectivity index (χ2v) is 8.83. The van der Waals surface area contributed by atoms with E-state index in [1.54, 1.807) is 5.57 Å². The Bertz CT molecular complexity index is 585. The van der Waals surface area contributed by atoms with Crippen LogP contribution in [0.2, 0.25) is 0 Å². The Kier molecular flexibility index (Phi) is 2.25. The predicted octanol–water partition coefficient (Wildman–Crippen LogP) is 4.68. The van der Waals surface area contributed by atoms with E-state index in [1.165, 1.54) is 50.5 Å². The van der Waals surface area contributed by atoms with E-state index in [-0.39, 0.29) is 0 Å². The van der Waals surface area contributed by atoms with Crippen LogP contribution in [-0.2, 0) is 4.79 Å². The Morgan fingerprint density at radius 1 is 1.19 bits per heavy atom. The number of hydrogen-bond acceptors (Lipinski definition) is 1. The SMILES string of the molecule is C=C1CCC2C3C[C@H]4C[C@@]5(CCC(=O)C=C45)C3CC[C@]12C. The monoisotopic (exact) mass is 282 g/mol. The van der Waals surface area contributed by atoms with Crippen molar-refractivity contribution >= 4 is 5.78 Å². The van der Waals surface area contributed by atoms with Crippen molar-refractivity contribution < 1.29 is 4.79 Å². The lowest BCUT2D eigenvalue weighted by Crippen LogP contribution is -2.59. The van der Waals surface area contributed by atoms with Crippen molar-refractivity contribution in [2.45, 2.75) is 58.3 Å². The molecule has 0 radical (unpaired) electrons. The highest BCUT2D eigenvalue weighted by atomic mass is 16.1. The molecule has 0 N–H and O–H groups in total. The molecule has 21 heavy (non-hydrogen) atoms. The highest BCUT2D eigenvalue weighted by molar-refractivity contribution is 5.92. The first-order valence-corrected chi connectivity index (χ1v) is 8.98. The van der Waals surface area contributed by atoms with E-state index >= 15 is 0 Å². The van der Waals surface area contributed by atoms with Gasteiger partial charge in [-0.3, -0.25) is 4.79 Å². The molecule has 1 heteroatoms. The van der Waals surface area contributed by atoms with Crippen LogP contribution < -0.4 is 0 Å². The lowest BCUT2D eigenvalue weighted by molar-refractivity contribution is -0.128. The van der Waals surface area contributed by atoms with Gasteiger partial charge >= 0.3 is 0 Å². The highest BCUT2D eigenvalue weighted by Gasteiger charge is 2.65. The average molecular weight is 282 g/mol. The third-order valence-corrected chi connectivity index (χ3v) is 8.42. The number of carbonyl (C=O) groups is 1. The number of allylic oxidation sites excluding steroid dienone is 2. The fourth-order valence-electron chi connectivity index (χ4n) is 7.34. The molecule has 0 saturated heterocycles. The predicted molar refractivity (Wildman–Crippen MR) is 83.7 cm³/mol. The van der Waals surface area contributed by atoms with E-state index in [1.807, 2.05) is 0 Å². The zero-order chi connectivity index (χ0) is 14.4. The minimum absolute atomic E-state index is 0.402. The second kappa shape index (κ2) is 3.73. The Morgan fingerprint density at radius 2 is 2.05 bits per heavy atom. The molecule has 6 atom stereocenters. The van der Waals surface area contributed by atoms with Gasteiger partial charge in [-0.15, -0.1) is 0 Å². The molecule has 5 saturated carbocycles. The van der Waals surface area contributed by atoms with Crippen molar-refractivity contribution in [3.05, 3.63) is 23.8 Å². The molecule has 0 aliphatic heterocycles. The molecule has 0 heterocycles. The Labute approximate surface area is 127 Å². The first-order valence-electron chi connectivity index (χ1n) is 8.98. The van der Waals surface area contributed by atoms with Gasteiger partial charge in [0.1, 0.15) is 0 Å². The molecule has 2 bridgehead atoms. The summed E-state index contributed by atoms with van der Waals surface area (Å²) in [5, 5.41) is 0. The van der Waals surface area contributed by atoms with Crippen molar-refractivity contribution in [2.75, 3.05) is 0 Å². The molecule has 3 unspecified atom stereocenters. The summed E-state index contributed by atoms with van der Waals surface area (Å²) in [7, 11) is 0. The maximum Gasteiger partial charge on any atom is 0.155 e. The van der Waals surface area contributed by atoms with E-state index in [0.29, 0.717) is 16.6 Å². The number of fused-ring (bicyclic) bond motifs is 1. The first kappa shape index (κ1) is 12.7. The van der Waals surface area contributed by atoms with Crippen LogP contribution in [0, 0.1) is 34.5 Å². The molecule has 0 aromatic carbocycles. The summed E-state index contributed by atoms with van der Waals surface area (Å²) < 4.78 is 0. The normalized spacial score (nSPS) is 54.2. The average Bonchev–Trinajstić information content (AvgIpc) is 2.77. The summed E-state index contributed by atoms with van der Waals surface area (Å²) in [5.74, 6) is 3.85. The van der Waals surface area contributed by atoms with Crippen molar-refractivity contribution in [3.63, 3.8) is 0 Å². The zero-order valence-electron chi connectivity index (χ0n) is 13.2. The molecule has 6 rings (SSSR count). The summed E-state index contributed by atoms with van der Waals surface area (Å²) in [6.07, 6.45) is 12.2. The molecular weight excluding hydrogens is 256 g/mol. The summed E-state index contributed by atoms with van der Waals surface area (Å²) in [6.45, 7) is 6.91. The topological polar surface area (TPSA) is 17.1 Å². The molecule has 1 spiro atoms. The van der Waals surface area contributed by atoms with Crippen molar-refractivity contribution in [1.29, 1.82) is 0 Å². The van der Waals surface area contributed by atoms with Gasteiger partial charge in [-0.25, -0.2) is 0 Å². The Hall–Kier alpha value is -0.850. The van der Waals surface area contributed by atoms with Crippen LogP contribution in [0.3, 0.4) is 0 Å². The van der Waals surface area contributed by atoms with Crippen LogP contribution in [0.15, 0.2) is 23.8 Å². The maximum atomic E-state index is 11.8. The van der Waals surface area contributed by atoms with Crippen LogP contribution in [0.25, 0.3) is 0 Å². The summed E-state index contributed by atoms with van der Waals surface area (Å²) in [5.41, 5.74) is 4.03. The molecule has 0 aromatic heterocycles. The summed E-state index contributed by atoms with van der Waals surface area (Å²) in [6, 6.07) is 0. The molecular formula is C20H26O. The van der Waals surface area contributed by atoms with Crippen LogP contribution in [0.4, 0.5) is 0 Å². The van der Waals surface area contributed by atoms with Gasteiger partial charge in [0.15, 0.2) is 5.78 Å². The molecule has 5 fully saturated rings. The summed E-state index contributed by atoms with van der Waals surface area (Å²) >= 11 is 0. The Balaban J connectivity index is 1.55. The van der Waals surface area contributed by atoms with Crippen LogP contribution in [0.5, 0.6) is 0 Å². The number of ketones is 1. The standard InChI is InChI=1S/C20H26O/c1-12-3-4-16-15-9-13-11-20(8-5-14(21)10-18(13)20)17(15)6-7-19(12,16)2/h10,13,15-17H,1,3-9,11H2,2H3/t13-,15?,16?,17?,19+,20-/m0/s1. The van der Waals surface area contributed by atoms with Gasteiger partial charge in [0.2, 0.25) is 0 Å². The van der Waals surface area contributed by atoms with Crippen LogP contribution >= 0.6 is 0 Å². The largest absolute Gasteiger partial charge is 0.295 e. The van der Waals surface area contributed by atoms with Crippen LogP contribution in [0.1, 0.15) is 58.3 Å². The van der Waals surface area contributed by atoms with Gasteiger partial charge in [-0.2, -0.15) is 0 Å². The van der Waals surface area contributed by atoms with E-state index in [0.717, 1.165) is 30.1 Å². The lowest BCUT2D eigenvalue weighted by atomic mass is 9.37. The Morgan fingerprint density at radius 3 is 2.90 bits per heavy atom. The second-order valence-electron chi connectivity index (χ2n) is 8.83. The van der Waals surface area contributed by atoms with Gasteiger partial charge in [-0.05, 0) is 85.5 Å². The zero-order valence-corrected chi connectivity index (χ0v) is 13.2. The molecule has 1 nitrogen and oxygen atoms in total. The first-order chi connectivity index (χ1) is 10.0.